The third kappa shape index (κ3) is 5.03. The number of benzene rings is 2. The molecule has 0 radical (unpaired) electrons. The molecule has 2 N–H and O–H groups in total. The van der Waals surface area contributed by atoms with Crippen LogP contribution in [0.3, 0.4) is 0 Å². The number of carbonyl (C=O) groups excluding carboxylic acids is 1. The quantitative estimate of drug-likeness (QED) is 0.696. The Bertz CT molecular complexity index is 1010. The summed E-state index contributed by atoms with van der Waals surface area (Å²) < 4.78 is 0. The lowest BCUT2D eigenvalue weighted by atomic mass is 10.2. The molecule has 1 heterocycles. The van der Waals surface area contributed by atoms with E-state index in [0.29, 0.717) is 34.5 Å². The first-order valence-corrected chi connectivity index (χ1v) is 8.57. The van der Waals surface area contributed by atoms with Gasteiger partial charge >= 0.3 is 0 Å². The number of nitrogens with one attached hydrogen (secondary N) is 2. The van der Waals surface area contributed by atoms with E-state index in [4.69, 9.17) is 16.9 Å². The fourth-order valence-electron chi connectivity index (χ4n) is 2.41. The molecular formula is C20H16ClN5O. The summed E-state index contributed by atoms with van der Waals surface area (Å²) in [5, 5.41) is 15.5. The van der Waals surface area contributed by atoms with E-state index in [-0.39, 0.29) is 11.6 Å². The summed E-state index contributed by atoms with van der Waals surface area (Å²) in [7, 11) is 0. The molecule has 1 aromatic heterocycles. The molecule has 0 unspecified atom stereocenters. The molecule has 0 aliphatic heterocycles. The van der Waals surface area contributed by atoms with Crippen LogP contribution in [0.5, 0.6) is 0 Å². The van der Waals surface area contributed by atoms with Crippen LogP contribution in [0.15, 0.2) is 54.6 Å². The van der Waals surface area contributed by atoms with Crippen molar-refractivity contribution in [2.75, 3.05) is 10.6 Å². The highest BCUT2D eigenvalue weighted by Gasteiger charge is 2.11. The summed E-state index contributed by atoms with van der Waals surface area (Å²) in [6, 6.07) is 17.8. The van der Waals surface area contributed by atoms with Crippen LogP contribution in [0.1, 0.15) is 27.3 Å². The van der Waals surface area contributed by atoms with Crippen molar-refractivity contribution < 1.29 is 4.79 Å². The monoisotopic (exact) mass is 377 g/mol. The Balaban J connectivity index is 1.72. The summed E-state index contributed by atoms with van der Waals surface area (Å²) in [4.78, 5) is 21.1. The Morgan fingerprint density at radius 3 is 2.67 bits per heavy atom. The normalized spacial score (nSPS) is 10.1. The minimum Gasteiger partial charge on any atom is -0.350 e. The third-order valence-electron chi connectivity index (χ3n) is 3.70. The Morgan fingerprint density at radius 1 is 1.15 bits per heavy atom. The number of aromatic nitrogens is 2. The van der Waals surface area contributed by atoms with Gasteiger partial charge < -0.3 is 10.6 Å². The Labute approximate surface area is 161 Å². The highest BCUT2D eigenvalue weighted by molar-refractivity contribution is 6.30. The second kappa shape index (κ2) is 8.30. The predicted molar refractivity (Wildman–Crippen MR) is 105 cm³/mol. The molecule has 0 fully saturated rings. The van der Waals surface area contributed by atoms with Crippen LogP contribution in [0.2, 0.25) is 5.02 Å². The van der Waals surface area contributed by atoms with E-state index in [1.54, 1.807) is 37.3 Å². The molecule has 2 aromatic carbocycles. The van der Waals surface area contributed by atoms with Crippen LogP contribution >= 0.6 is 11.6 Å². The standard InChI is InChI=1S/C20H16ClN5O/c1-13-9-18(19(27)25-17-4-2-3-15(10-17)11-22)26-20(24-13)23-12-14-5-7-16(21)8-6-14/h2-10H,12H2,1H3,(H,25,27)(H,23,24,26). The molecule has 0 saturated heterocycles. The lowest BCUT2D eigenvalue weighted by molar-refractivity contribution is 0.102. The van der Waals surface area contributed by atoms with Crippen LogP contribution in [-0.4, -0.2) is 15.9 Å². The average molecular weight is 378 g/mol. The van der Waals surface area contributed by atoms with Gasteiger partial charge in [0.2, 0.25) is 5.95 Å². The molecule has 0 bridgehead atoms. The van der Waals surface area contributed by atoms with Crippen molar-refractivity contribution in [3.8, 4) is 6.07 Å². The minimum absolute atomic E-state index is 0.239. The maximum Gasteiger partial charge on any atom is 0.274 e. The number of aryl methyl sites for hydroxylation is 1. The van der Waals surface area contributed by atoms with Crippen LogP contribution in [0.25, 0.3) is 0 Å². The minimum atomic E-state index is -0.370. The van der Waals surface area contributed by atoms with E-state index >= 15 is 0 Å². The average Bonchev–Trinajstić information content (AvgIpc) is 2.67. The van der Waals surface area contributed by atoms with Gasteiger partial charge in [0.1, 0.15) is 5.69 Å². The Morgan fingerprint density at radius 2 is 1.93 bits per heavy atom. The second-order valence-electron chi connectivity index (χ2n) is 5.84. The molecule has 0 atom stereocenters. The van der Waals surface area contributed by atoms with Crippen LogP contribution in [0.4, 0.5) is 11.6 Å². The van der Waals surface area contributed by atoms with Crippen molar-refractivity contribution in [3.63, 3.8) is 0 Å². The maximum absolute atomic E-state index is 12.5. The summed E-state index contributed by atoms with van der Waals surface area (Å²) in [5.74, 6) is -0.00833. The number of rotatable bonds is 5. The number of carbonyl (C=O) groups is 1. The smallest absolute Gasteiger partial charge is 0.274 e. The molecule has 0 aliphatic rings. The summed E-state index contributed by atoms with van der Waals surface area (Å²) in [6.07, 6.45) is 0. The SMILES string of the molecule is Cc1cc(C(=O)Nc2cccc(C#N)c2)nc(NCc2ccc(Cl)cc2)n1. The molecule has 0 spiro atoms. The first kappa shape index (κ1) is 18.4. The van der Waals surface area contributed by atoms with Gasteiger partial charge in [-0.05, 0) is 48.9 Å². The molecule has 3 rings (SSSR count). The van der Waals surface area contributed by atoms with Crippen molar-refractivity contribution in [2.45, 2.75) is 13.5 Å². The molecule has 3 aromatic rings. The number of halogens is 1. The van der Waals surface area contributed by atoms with E-state index in [9.17, 15) is 4.79 Å². The number of hydrogen-bond acceptors (Lipinski definition) is 5. The molecule has 6 nitrogen and oxygen atoms in total. The predicted octanol–water partition coefficient (Wildman–Crippen LogP) is 4.17. The van der Waals surface area contributed by atoms with E-state index in [1.165, 1.54) is 0 Å². The number of amides is 1. The number of nitrogens with zero attached hydrogens (tertiary/aromatic N) is 3. The van der Waals surface area contributed by atoms with Gasteiger partial charge in [0.15, 0.2) is 0 Å². The van der Waals surface area contributed by atoms with E-state index in [2.05, 4.69) is 20.6 Å². The van der Waals surface area contributed by atoms with E-state index in [0.717, 1.165) is 5.56 Å². The highest BCUT2D eigenvalue weighted by atomic mass is 35.5. The van der Waals surface area contributed by atoms with E-state index in [1.807, 2.05) is 30.3 Å². The van der Waals surface area contributed by atoms with Gasteiger partial charge in [-0.25, -0.2) is 9.97 Å². The first-order valence-electron chi connectivity index (χ1n) is 8.19. The molecule has 0 aliphatic carbocycles. The van der Waals surface area contributed by atoms with Crippen LogP contribution in [-0.2, 0) is 6.54 Å². The van der Waals surface area contributed by atoms with Gasteiger partial charge in [0.05, 0.1) is 11.6 Å². The zero-order valence-electron chi connectivity index (χ0n) is 14.5. The molecule has 7 heteroatoms. The van der Waals surface area contributed by atoms with Gasteiger partial charge in [-0.2, -0.15) is 5.26 Å². The van der Waals surface area contributed by atoms with Crippen molar-refractivity contribution >= 4 is 29.1 Å². The number of hydrogen-bond donors (Lipinski definition) is 2. The molecular weight excluding hydrogens is 362 g/mol. The fraction of sp³-hybridized carbons (Fsp3) is 0.100. The molecule has 1 amide bonds. The summed E-state index contributed by atoms with van der Waals surface area (Å²) in [6.45, 7) is 2.30. The summed E-state index contributed by atoms with van der Waals surface area (Å²) >= 11 is 5.88. The largest absolute Gasteiger partial charge is 0.350 e. The van der Waals surface area contributed by atoms with Gasteiger partial charge in [0.25, 0.3) is 5.91 Å². The lowest BCUT2D eigenvalue weighted by Gasteiger charge is -2.09. The van der Waals surface area contributed by atoms with Gasteiger partial charge in [-0.15, -0.1) is 0 Å². The van der Waals surface area contributed by atoms with E-state index < -0.39 is 0 Å². The molecule has 27 heavy (non-hydrogen) atoms. The molecule has 134 valence electrons. The fourth-order valence-corrected chi connectivity index (χ4v) is 2.53. The second-order valence-corrected chi connectivity index (χ2v) is 6.28. The number of nitriles is 1. The molecule has 0 saturated carbocycles. The zero-order chi connectivity index (χ0) is 19.2. The Hall–Kier alpha value is -3.43. The maximum atomic E-state index is 12.5. The van der Waals surface area contributed by atoms with Crippen molar-refractivity contribution in [1.82, 2.24) is 9.97 Å². The van der Waals surface area contributed by atoms with Crippen LogP contribution < -0.4 is 10.6 Å². The highest BCUT2D eigenvalue weighted by Crippen LogP contribution is 2.14. The third-order valence-corrected chi connectivity index (χ3v) is 3.95. The zero-order valence-corrected chi connectivity index (χ0v) is 15.3. The van der Waals surface area contributed by atoms with Gasteiger partial charge in [0, 0.05) is 22.9 Å². The topological polar surface area (TPSA) is 90.7 Å². The lowest BCUT2D eigenvalue weighted by Crippen LogP contribution is -2.16. The first-order chi connectivity index (χ1) is 13.0. The number of anilines is 2. The Kier molecular flexibility index (Phi) is 5.64. The van der Waals surface area contributed by atoms with Crippen molar-refractivity contribution in [1.29, 1.82) is 5.26 Å². The van der Waals surface area contributed by atoms with Crippen molar-refractivity contribution in [2.24, 2.45) is 0 Å². The summed E-state index contributed by atoms with van der Waals surface area (Å²) in [5.41, 5.74) is 2.93. The van der Waals surface area contributed by atoms with Gasteiger partial charge in [-0.1, -0.05) is 29.8 Å². The van der Waals surface area contributed by atoms with Crippen LogP contribution in [0, 0.1) is 18.3 Å². The van der Waals surface area contributed by atoms with Crippen molar-refractivity contribution in [3.05, 3.63) is 82.1 Å². The van der Waals surface area contributed by atoms with Gasteiger partial charge in [-0.3, -0.25) is 4.79 Å².